The summed E-state index contributed by atoms with van der Waals surface area (Å²) in [4.78, 5) is 47.7. The van der Waals surface area contributed by atoms with Crippen molar-refractivity contribution >= 4 is 41.1 Å². The molecule has 4 rings (SSSR count). The van der Waals surface area contributed by atoms with Gasteiger partial charge in [-0.2, -0.15) is 26.3 Å². The summed E-state index contributed by atoms with van der Waals surface area (Å²) in [6, 6.07) is 6.76. The largest absolute Gasteiger partial charge is 0.471 e. The lowest BCUT2D eigenvalue weighted by molar-refractivity contribution is -0.170. The number of benzene rings is 1. The fourth-order valence-electron chi connectivity index (χ4n) is 5.12. The van der Waals surface area contributed by atoms with Gasteiger partial charge in [-0.25, -0.2) is 14.7 Å². The molecule has 0 spiro atoms. The van der Waals surface area contributed by atoms with Crippen molar-refractivity contribution in [2.45, 2.75) is 68.2 Å². The van der Waals surface area contributed by atoms with Crippen molar-refractivity contribution in [2.75, 3.05) is 36.0 Å². The maximum atomic E-state index is 13.5. The molecule has 0 N–H and O–H groups in total. The topological polar surface area (TPSA) is 77.1 Å². The van der Waals surface area contributed by atoms with Crippen LogP contribution in [0.2, 0.25) is 0 Å². The normalized spacial score (nSPS) is 18.0. The van der Waals surface area contributed by atoms with E-state index >= 15 is 0 Å². The zero-order chi connectivity index (χ0) is 31.6. The standard InChI is InChI=1S/C28H31F6N5O3S/c1-26(2)23(40)39(20-7-9-21(10-8-20)43-28(32,33)34)25(42)38(26)18-19-11-12-35-22(17-19)37(24(41)27(29,30)31)16-6-15-36-13-4-3-5-14-36/h7-12,17H,3-6,13-16,18H2,1-2H3. The first kappa shape index (κ1) is 32.6. The van der Waals surface area contributed by atoms with Crippen molar-refractivity contribution in [3.63, 3.8) is 0 Å². The molecule has 2 aromatic rings. The van der Waals surface area contributed by atoms with Crippen LogP contribution in [-0.4, -0.2) is 76.0 Å². The van der Waals surface area contributed by atoms with Gasteiger partial charge in [0.25, 0.3) is 5.91 Å². The summed E-state index contributed by atoms with van der Waals surface area (Å²) in [5, 5.41) is 0. The molecule has 0 radical (unpaired) electrons. The molecule has 15 heteroatoms. The van der Waals surface area contributed by atoms with Gasteiger partial charge in [-0.15, -0.1) is 0 Å². The number of hydrogen-bond donors (Lipinski definition) is 0. The van der Waals surface area contributed by atoms with Gasteiger partial charge in [0.2, 0.25) is 0 Å². The lowest BCUT2D eigenvalue weighted by Crippen LogP contribution is -2.44. The highest BCUT2D eigenvalue weighted by Crippen LogP contribution is 2.39. The smallest absolute Gasteiger partial charge is 0.305 e. The first-order valence-electron chi connectivity index (χ1n) is 13.7. The molecule has 2 aliphatic heterocycles. The second kappa shape index (κ2) is 12.7. The summed E-state index contributed by atoms with van der Waals surface area (Å²) in [6.45, 7) is 4.81. The number of pyridine rings is 1. The second-order valence-corrected chi connectivity index (χ2v) is 12.0. The predicted octanol–water partition coefficient (Wildman–Crippen LogP) is 6.21. The lowest BCUT2D eigenvalue weighted by Gasteiger charge is -2.29. The molecule has 43 heavy (non-hydrogen) atoms. The first-order chi connectivity index (χ1) is 20.1. The summed E-state index contributed by atoms with van der Waals surface area (Å²) in [6.07, 6.45) is -0.452. The number of aromatic nitrogens is 1. The van der Waals surface area contributed by atoms with Crippen molar-refractivity contribution in [2.24, 2.45) is 0 Å². The van der Waals surface area contributed by atoms with Gasteiger partial charge in [0.15, 0.2) is 0 Å². The van der Waals surface area contributed by atoms with Crippen LogP contribution in [0, 0.1) is 0 Å². The van der Waals surface area contributed by atoms with E-state index in [0.29, 0.717) is 23.4 Å². The van der Waals surface area contributed by atoms with Gasteiger partial charge in [0, 0.05) is 24.2 Å². The minimum absolute atomic E-state index is 0.0724. The monoisotopic (exact) mass is 631 g/mol. The molecule has 2 saturated heterocycles. The van der Waals surface area contributed by atoms with E-state index in [1.807, 2.05) is 0 Å². The van der Waals surface area contributed by atoms with E-state index in [9.17, 15) is 40.7 Å². The number of amides is 4. The molecule has 1 aromatic carbocycles. The van der Waals surface area contributed by atoms with Crippen LogP contribution in [0.5, 0.6) is 0 Å². The van der Waals surface area contributed by atoms with Gasteiger partial charge < -0.3 is 9.80 Å². The zero-order valence-corrected chi connectivity index (χ0v) is 24.4. The third-order valence-electron chi connectivity index (χ3n) is 7.37. The number of halogens is 6. The molecule has 0 saturated carbocycles. The molecule has 1 aromatic heterocycles. The fourth-order valence-corrected chi connectivity index (χ4v) is 5.66. The molecular weight excluding hydrogens is 600 g/mol. The number of nitrogens with zero attached hydrogens (tertiary/aromatic N) is 5. The van der Waals surface area contributed by atoms with Crippen LogP contribution < -0.4 is 9.80 Å². The van der Waals surface area contributed by atoms with Crippen LogP contribution in [0.3, 0.4) is 0 Å². The van der Waals surface area contributed by atoms with E-state index in [0.717, 1.165) is 49.4 Å². The van der Waals surface area contributed by atoms with Gasteiger partial charge in [-0.1, -0.05) is 6.42 Å². The van der Waals surface area contributed by atoms with E-state index in [-0.39, 0.29) is 41.3 Å². The minimum atomic E-state index is -5.13. The van der Waals surface area contributed by atoms with Crippen LogP contribution in [-0.2, 0) is 16.1 Å². The predicted molar refractivity (Wildman–Crippen MR) is 148 cm³/mol. The van der Waals surface area contributed by atoms with Crippen molar-refractivity contribution in [1.82, 2.24) is 14.8 Å². The first-order valence-corrected chi connectivity index (χ1v) is 14.5. The van der Waals surface area contributed by atoms with Crippen LogP contribution in [0.15, 0.2) is 47.5 Å². The Balaban J connectivity index is 1.53. The Labute approximate surface area is 249 Å². The van der Waals surface area contributed by atoms with Crippen LogP contribution in [0.4, 0.5) is 42.6 Å². The summed E-state index contributed by atoms with van der Waals surface area (Å²) < 4.78 is 78.7. The van der Waals surface area contributed by atoms with Gasteiger partial charge >= 0.3 is 23.6 Å². The van der Waals surface area contributed by atoms with E-state index in [1.165, 1.54) is 49.2 Å². The summed E-state index contributed by atoms with van der Waals surface area (Å²) >= 11 is -0.331. The third-order valence-corrected chi connectivity index (χ3v) is 8.11. The molecule has 4 amide bonds. The average Bonchev–Trinajstić information content (AvgIpc) is 3.10. The number of hydrogen-bond acceptors (Lipinski definition) is 6. The summed E-state index contributed by atoms with van der Waals surface area (Å²) in [5.74, 6) is -2.92. The molecule has 2 fully saturated rings. The average molecular weight is 632 g/mol. The van der Waals surface area contributed by atoms with Crippen molar-refractivity contribution in [1.29, 1.82) is 0 Å². The number of carbonyl (C=O) groups excluding carboxylic acids is 3. The third kappa shape index (κ3) is 7.80. The Bertz CT molecular complexity index is 1330. The number of imide groups is 1. The van der Waals surface area contributed by atoms with Gasteiger partial charge in [0.05, 0.1) is 5.69 Å². The second-order valence-electron chi connectivity index (χ2n) is 10.8. The van der Waals surface area contributed by atoms with E-state index in [1.54, 1.807) is 0 Å². The van der Waals surface area contributed by atoms with Gasteiger partial charge in [-0.3, -0.25) is 14.5 Å². The quantitative estimate of drug-likeness (QED) is 0.186. The van der Waals surface area contributed by atoms with E-state index in [4.69, 9.17) is 0 Å². The Morgan fingerprint density at radius 1 is 1.00 bits per heavy atom. The maximum absolute atomic E-state index is 13.5. The molecule has 0 unspecified atom stereocenters. The Morgan fingerprint density at radius 3 is 2.26 bits per heavy atom. The molecule has 0 aliphatic carbocycles. The van der Waals surface area contributed by atoms with Crippen LogP contribution in [0.1, 0.15) is 45.1 Å². The fraction of sp³-hybridized carbons (Fsp3) is 0.500. The van der Waals surface area contributed by atoms with Gasteiger partial charge in [-0.05, 0) is 106 Å². The molecule has 2 aliphatic rings. The van der Waals surface area contributed by atoms with Crippen molar-refractivity contribution in [3.8, 4) is 0 Å². The number of thioether (sulfide) groups is 1. The van der Waals surface area contributed by atoms with Gasteiger partial charge in [0.1, 0.15) is 11.4 Å². The van der Waals surface area contributed by atoms with Crippen molar-refractivity contribution in [3.05, 3.63) is 48.2 Å². The van der Waals surface area contributed by atoms with E-state index in [2.05, 4.69) is 9.88 Å². The number of carbonyl (C=O) groups is 3. The number of likely N-dealkylation sites (tertiary alicyclic amines) is 1. The number of urea groups is 1. The van der Waals surface area contributed by atoms with Crippen molar-refractivity contribution < 1.29 is 40.7 Å². The summed E-state index contributed by atoms with van der Waals surface area (Å²) in [7, 11) is 0. The highest BCUT2D eigenvalue weighted by atomic mass is 32.2. The molecule has 8 nitrogen and oxygen atoms in total. The molecule has 0 bridgehead atoms. The minimum Gasteiger partial charge on any atom is -0.305 e. The number of alkyl halides is 6. The molecule has 234 valence electrons. The Hall–Kier alpha value is -3.33. The number of piperidine rings is 1. The molecule has 0 atom stereocenters. The SMILES string of the molecule is CC1(C)C(=O)N(c2ccc(SC(F)(F)F)cc2)C(=O)N1Cc1ccnc(N(CCCN2CCCCC2)C(=O)C(F)(F)F)c1. The number of anilines is 2. The van der Waals surface area contributed by atoms with E-state index < -0.39 is 35.1 Å². The van der Waals surface area contributed by atoms with Crippen LogP contribution in [0.25, 0.3) is 0 Å². The molecular formula is C28H31F6N5O3S. The Morgan fingerprint density at radius 2 is 1.65 bits per heavy atom. The Kier molecular flexibility index (Phi) is 9.64. The summed E-state index contributed by atoms with van der Waals surface area (Å²) in [5.41, 5.74) is -5.50. The lowest BCUT2D eigenvalue weighted by atomic mass is 10.0. The zero-order valence-electron chi connectivity index (χ0n) is 23.5. The van der Waals surface area contributed by atoms with Crippen LogP contribution >= 0.6 is 11.8 Å². The highest BCUT2D eigenvalue weighted by Gasteiger charge is 2.52. The highest BCUT2D eigenvalue weighted by molar-refractivity contribution is 8.00. The number of rotatable bonds is 9. The maximum Gasteiger partial charge on any atom is 0.471 e. The molecule has 3 heterocycles.